The van der Waals surface area contributed by atoms with Crippen LogP contribution in [-0.2, 0) is 21.6 Å². The van der Waals surface area contributed by atoms with E-state index in [2.05, 4.69) is 19.2 Å². The molecule has 0 radical (unpaired) electrons. The summed E-state index contributed by atoms with van der Waals surface area (Å²) in [6, 6.07) is 5.50. The van der Waals surface area contributed by atoms with Gasteiger partial charge < -0.3 is 14.6 Å². The SMILES string of the molecule is COc1ccc2c(c1)NC(=O)[C@]21C=CN([S+]([O-])C(C)(C)C)[C@H]1CC(C)C. The number of rotatable bonds is 4. The van der Waals surface area contributed by atoms with Gasteiger partial charge in [-0.15, -0.1) is 0 Å². The molecule has 1 unspecified atom stereocenters. The number of benzene rings is 1. The Hall–Kier alpha value is -1.66. The Morgan fingerprint density at radius 1 is 1.38 bits per heavy atom. The topological polar surface area (TPSA) is 64.6 Å². The number of hydrogen-bond acceptors (Lipinski definition) is 4. The van der Waals surface area contributed by atoms with Crippen LogP contribution >= 0.6 is 0 Å². The van der Waals surface area contributed by atoms with Crippen LogP contribution in [0.1, 0.15) is 46.6 Å². The van der Waals surface area contributed by atoms with Crippen molar-refractivity contribution in [1.29, 1.82) is 0 Å². The maximum absolute atomic E-state index is 13.2. The van der Waals surface area contributed by atoms with Crippen LogP contribution in [0.5, 0.6) is 5.75 Å². The molecule has 26 heavy (non-hydrogen) atoms. The van der Waals surface area contributed by atoms with Crippen molar-refractivity contribution >= 4 is 23.0 Å². The van der Waals surface area contributed by atoms with Gasteiger partial charge in [0, 0.05) is 18.0 Å². The molecule has 5 nitrogen and oxygen atoms in total. The number of hydrogen-bond donors (Lipinski definition) is 1. The van der Waals surface area contributed by atoms with E-state index >= 15 is 0 Å². The third kappa shape index (κ3) is 2.89. The molecule has 0 fully saturated rings. The molecule has 3 atom stereocenters. The Balaban J connectivity index is 2.09. The Labute approximate surface area is 159 Å². The standard InChI is InChI=1S/C20H28N2O3S/c1-13(2)11-17-20(9-10-22(17)26(24)19(3,4)5)15-8-7-14(25-6)12-16(15)21-18(20)23/h7-10,12-13,17H,11H2,1-6H3,(H,21,23)/t17-,20+,26?/m0/s1. The molecular weight excluding hydrogens is 348 g/mol. The van der Waals surface area contributed by atoms with E-state index in [0.29, 0.717) is 11.7 Å². The molecule has 142 valence electrons. The lowest BCUT2D eigenvalue weighted by Gasteiger charge is -2.39. The zero-order valence-corrected chi connectivity index (χ0v) is 17.1. The minimum absolute atomic E-state index is 0.0592. The highest BCUT2D eigenvalue weighted by Gasteiger charge is 2.58. The number of carbonyl (C=O) groups excluding carboxylic acids is 1. The first-order chi connectivity index (χ1) is 12.1. The second-order valence-electron chi connectivity index (χ2n) is 8.42. The molecule has 1 aromatic rings. The number of nitrogens with zero attached hydrogens (tertiary/aromatic N) is 1. The first-order valence-corrected chi connectivity index (χ1v) is 10.1. The summed E-state index contributed by atoms with van der Waals surface area (Å²) in [4.78, 5) is 13.1. The van der Waals surface area contributed by atoms with Crippen LogP contribution < -0.4 is 10.1 Å². The molecule has 0 aromatic heterocycles. The van der Waals surface area contributed by atoms with Crippen molar-refractivity contribution in [2.24, 2.45) is 5.92 Å². The summed E-state index contributed by atoms with van der Waals surface area (Å²) in [5.41, 5.74) is 0.891. The fourth-order valence-corrected chi connectivity index (χ4v) is 5.08. The van der Waals surface area contributed by atoms with E-state index in [1.54, 1.807) is 7.11 Å². The normalized spacial score (nSPS) is 25.8. The maximum Gasteiger partial charge on any atom is 0.241 e. The molecule has 6 heteroatoms. The predicted octanol–water partition coefficient (Wildman–Crippen LogP) is 3.59. The van der Waals surface area contributed by atoms with Crippen molar-refractivity contribution in [3.8, 4) is 5.75 Å². The van der Waals surface area contributed by atoms with Gasteiger partial charge in [0.25, 0.3) is 0 Å². The lowest BCUT2D eigenvalue weighted by molar-refractivity contribution is -0.120. The van der Waals surface area contributed by atoms with Gasteiger partial charge in [0.05, 0.1) is 24.5 Å². The van der Waals surface area contributed by atoms with E-state index in [-0.39, 0.29) is 11.9 Å². The molecule has 1 spiro atoms. The molecule has 3 rings (SSSR count). The summed E-state index contributed by atoms with van der Waals surface area (Å²) < 4.78 is 19.9. The van der Waals surface area contributed by atoms with Crippen LogP contribution in [-0.4, -0.2) is 32.7 Å². The van der Waals surface area contributed by atoms with E-state index in [1.807, 2.05) is 55.6 Å². The van der Waals surface area contributed by atoms with Crippen LogP contribution in [0.15, 0.2) is 30.5 Å². The maximum atomic E-state index is 13.2. The van der Waals surface area contributed by atoms with E-state index in [9.17, 15) is 9.35 Å². The molecule has 0 aliphatic carbocycles. The van der Waals surface area contributed by atoms with Gasteiger partial charge in [0.15, 0.2) is 0 Å². The molecule has 2 heterocycles. The fourth-order valence-electron chi connectivity index (χ4n) is 3.79. The highest BCUT2D eigenvalue weighted by molar-refractivity contribution is 7.90. The van der Waals surface area contributed by atoms with Crippen molar-refractivity contribution in [3.63, 3.8) is 0 Å². The lowest BCUT2D eigenvalue weighted by Crippen LogP contribution is -2.52. The van der Waals surface area contributed by atoms with E-state index in [0.717, 1.165) is 17.7 Å². The molecule has 1 N–H and O–H groups in total. The Morgan fingerprint density at radius 2 is 2.08 bits per heavy atom. The van der Waals surface area contributed by atoms with Gasteiger partial charge in [0.1, 0.15) is 15.9 Å². The van der Waals surface area contributed by atoms with E-state index in [1.165, 1.54) is 0 Å². The monoisotopic (exact) mass is 376 g/mol. The van der Waals surface area contributed by atoms with Crippen molar-refractivity contribution in [3.05, 3.63) is 36.0 Å². The van der Waals surface area contributed by atoms with Crippen LogP contribution in [0.4, 0.5) is 5.69 Å². The average Bonchev–Trinajstić information content (AvgIpc) is 3.05. The average molecular weight is 377 g/mol. The van der Waals surface area contributed by atoms with Crippen LogP contribution in [0.25, 0.3) is 0 Å². The fraction of sp³-hybridized carbons (Fsp3) is 0.550. The Bertz CT molecular complexity index is 741. The van der Waals surface area contributed by atoms with Crippen molar-refractivity contribution in [2.75, 3.05) is 12.4 Å². The summed E-state index contributed by atoms with van der Waals surface area (Å²) in [5.74, 6) is 1.01. The molecule has 1 amide bonds. The number of amides is 1. The summed E-state index contributed by atoms with van der Waals surface area (Å²) in [6.07, 6.45) is 4.55. The van der Waals surface area contributed by atoms with Crippen LogP contribution in [0.2, 0.25) is 0 Å². The van der Waals surface area contributed by atoms with Gasteiger partial charge in [-0.05, 0) is 50.8 Å². The number of fused-ring (bicyclic) bond motifs is 2. The highest BCUT2D eigenvalue weighted by atomic mass is 32.2. The zero-order valence-electron chi connectivity index (χ0n) is 16.3. The second-order valence-corrected chi connectivity index (χ2v) is 10.6. The quantitative estimate of drug-likeness (QED) is 0.816. The van der Waals surface area contributed by atoms with Gasteiger partial charge in [-0.2, -0.15) is 4.31 Å². The summed E-state index contributed by atoms with van der Waals surface area (Å²) in [5, 5.41) is 3.01. The van der Waals surface area contributed by atoms with E-state index in [4.69, 9.17) is 4.74 Å². The number of ether oxygens (including phenoxy) is 1. The van der Waals surface area contributed by atoms with Crippen LogP contribution in [0, 0.1) is 5.92 Å². The number of carbonyl (C=O) groups is 1. The highest BCUT2D eigenvalue weighted by Crippen LogP contribution is 2.50. The predicted molar refractivity (Wildman–Crippen MR) is 105 cm³/mol. The lowest BCUT2D eigenvalue weighted by atomic mass is 9.74. The van der Waals surface area contributed by atoms with Gasteiger partial charge >= 0.3 is 0 Å². The molecule has 2 aliphatic rings. The molecular formula is C20H28N2O3S. The third-order valence-corrected chi connectivity index (χ3v) is 6.83. The molecule has 0 saturated heterocycles. The minimum atomic E-state index is -1.24. The Morgan fingerprint density at radius 3 is 2.65 bits per heavy atom. The molecule has 1 aromatic carbocycles. The second kappa shape index (κ2) is 6.50. The van der Waals surface area contributed by atoms with Crippen molar-refractivity contribution < 1.29 is 14.1 Å². The summed E-state index contributed by atoms with van der Waals surface area (Å²) in [6.45, 7) is 10.1. The Kier molecular flexibility index (Phi) is 4.78. The van der Waals surface area contributed by atoms with Crippen molar-refractivity contribution in [2.45, 2.75) is 57.2 Å². The van der Waals surface area contributed by atoms with Gasteiger partial charge in [-0.25, -0.2) is 0 Å². The first kappa shape index (κ1) is 19.1. The van der Waals surface area contributed by atoms with Gasteiger partial charge in [0.2, 0.25) is 5.91 Å². The summed E-state index contributed by atoms with van der Waals surface area (Å²) in [7, 11) is 1.61. The van der Waals surface area contributed by atoms with Gasteiger partial charge in [-0.3, -0.25) is 4.79 Å². The van der Waals surface area contributed by atoms with E-state index < -0.39 is 21.5 Å². The van der Waals surface area contributed by atoms with Gasteiger partial charge in [-0.1, -0.05) is 19.9 Å². The third-order valence-electron chi connectivity index (χ3n) is 5.02. The minimum Gasteiger partial charge on any atom is -0.593 e. The molecule has 2 aliphatic heterocycles. The van der Waals surface area contributed by atoms with Crippen LogP contribution in [0.3, 0.4) is 0 Å². The molecule has 0 bridgehead atoms. The summed E-state index contributed by atoms with van der Waals surface area (Å²) >= 11 is -1.24. The van der Waals surface area contributed by atoms with Crippen molar-refractivity contribution in [1.82, 2.24) is 4.31 Å². The zero-order chi connectivity index (χ0) is 19.3. The molecule has 0 saturated carbocycles. The smallest absolute Gasteiger partial charge is 0.241 e. The number of nitrogens with one attached hydrogen (secondary N) is 1. The number of anilines is 1. The first-order valence-electron chi connectivity index (χ1n) is 9.01. The number of methoxy groups -OCH3 is 1. The largest absolute Gasteiger partial charge is 0.593 e.